The summed E-state index contributed by atoms with van der Waals surface area (Å²) in [6.45, 7) is 7.11. The normalized spacial score (nSPS) is 19.3. The zero-order chi connectivity index (χ0) is 14.5. The molecular formula is C12H20N4O3S. The maximum atomic E-state index is 10.7. The molecule has 20 heavy (non-hydrogen) atoms. The van der Waals surface area contributed by atoms with Crippen LogP contribution >= 0.6 is 11.8 Å². The highest BCUT2D eigenvalue weighted by atomic mass is 32.2. The van der Waals surface area contributed by atoms with Crippen molar-refractivity contribution in [3.8, 4) is 0 Å². The number of anilines is 1. The second-order valence-corrected chi connectivity index (χ2v) is 5.50. The number of hydrogen-bond donors (Lipinski definition) is 1. The van der Waals surface area contributed by atoms with E-state index in [0.717, 1.165) is 32.0 Å². The van der Waals surface area contributed by atoms with E-state index in [4.69, 9.17) is 9.84 Å². The van der Waals surface area contributed by atoms with Gasteiger partial charge in [-0.05, 0) is 13.3 Å². The van der Waals surface area contributed by atoms with Crippen LogP contribution in [0.15, 0.2) is 5.16 Å². The Kier molecular flexibility index (Phi) is 5.24. The summed E-state index contributed by atoms with van der Waals surface area (Å²) in [6, 6.07) is 0. The number of ether oxygens (including phenoxy) is 1. The van der Waals surface area contributed by atoms with E-state index in [1.807, 2.05) is 11.5 Å². The molecule has 0 amide bonds. The molecular weight excluding hydrogens is 280 g/mol. The summed E-state index contributed by atoms with van der Waals surface area (Å²) in [6.07, 6.45) is 1.19. The van der Waals surface area contributed by atoms with E-state index >= 15 is 0 Å². The summed E-state index contributed by atoms with van der Waals surface area (Å²) in [5.74, 6) is -0.0412. The minimum absolute atomic E-state index is 0.00116. The molecule has 0 spiro atoms. The van der Waals surface area contributed by atoms with E-state index in [-0.39, 0.29) is 11.9 Å². The van der Waals surface area contributed by atoms with E-state index in [0.29, 0.717) is 11.8 Å². The van der Waals surface area contributed by atoms with E-state index in [2.05, 4.69) is 22.0 Å². The van der Waals surface area contributed by atoms with Gasteiger partial charge >= 0.3 is 5.97 Å². The van der Waals surface area contributed by atoms with Crippen molar-refractivity contribution in [1.29, 1.82) is 0 Å². The molecule has 1 aromatic rings. The van der Waals surface area contributed by atoms with Crippen LogP contribution in [0.4, 0.5) is 5.95 Å². The number of carboxylic acids is 1. The second kappa shape index (κ2) is 6.94. The maximum Gasteiger partial charge on any atom is 0.313 e. The van der Waals surface area contributed by atoms with Crippen LogP contribution in [0.1, 0.15) is 20.3 Å². The average molecular weight is 300 g/mol. The van der Waals surface area contributed by atoms with Crippen LogP contribution in [0.5, 0.6) is 0 Å². The Hall–Kier alpha value is -1.28. The molecule has 0 radical (unpaired) electrons. The molecule has 1 aliphatic heterocycles. The minimum atomic E-state index is -0.848. The third kappa shape index (κ3) is 3.43. The van der Waals surface area contributed by atoms with Crippen LogP contribution in [0.3, 0.4) is 0 Å². The van der Waals surface area contributed by atoms with E-state index in [1.54, 1.807) is 0 Å². The zero-order valence-corrected chi connectivity index (χ0v) is 12.6. The maximum absolute atomic E-state index is 10.7. The van der Waals surface area contributed by atoms with Crippen LogP contribution in [0, 0.1) is 0 Å². The van der Waals surface area contributed by atoms with Crippen LogP contribution in [-0.2, 0) is 16.1 Å². The molecule has 0 aliphatic carbocycles. The second-order valence-electron chi connectivity index (χ2n) is 4.56. The Morgan fingerprint density at radius 2 is 2.30 bits per heavy atom. The number of carbonyl (C=O) groups is 1. The molecule has 2 rings (SSSR count). The monoisotopic (exact) mass is 300 g/mol. The fraction of sp³-hybridized carbons (Fsp3) is 0.750. The van der Waals surface area contributed by atoms with Crippen LogP contribution in [0.25, 0.3) is 0 Å². The van der Waals surface area contributed by atoms with Crippen molar-refractivity contribution in [1.82, 2.24) is 14.8 Å². The molecule has 1 N–H and O–H groups in total. The summed E-state index contributed by atoms with van der Waals surface area (Å²) in [7, 11) is 0. The standard InChI is InChI=1S/C12H20N4O3S/c1-3-9-7-15(5-6-19-9)11-13-14-12(16(11)4-2)20-8-10(17)18/h9H,3-8H2,1-2H3,(H,17,18). The van der Waals surface area contributed by atoms with E-state index < -0.39 is 5.97 Å². The first-order valence-corrected chi connectivity index (χ1v) is 7.78. The number of aromatic nitrogens is 3. The molecule has 0 bridgehead atoms. The molecule has 1 saturated heterocycles. The fourth-order valence-electron chi connectivity index (χ4n) is 2.17. The number of carboxylic acid groups (broad SMARTS) is 1. The summed E-state index contributed by atoms with van der Waals surface area (Å²) < 4.78 is 7.62. The molecule has 8 heteroatoms. The first-order valence-electron chi connectivity index (χ1n) is 6.80. The van der Waals surface area contributed by atoms with Crippen molar-refractivity contribution in [3.63, 3.8) is 0 Å². The van der Waals surface area contributed by atoms with Gasteiger partial charge in [-0.2, -0.15) is 0 Å². The number of rotatable bonds is 6. The van der Waals surface area contributed by atoms with Crippen molar-refractivity contribution in [2.45, 2.75) is 38.1 Å². The number of morpholine rings is 1. The molecule has 0 aromatic carbocycles. The third-order valence-corrected chi connectivity index (χ3v) is 4.17. The Morgan fingerprint density at radius 3 is 2.95 bits per heavy atom. The van der Waals surface area contributed by atoms with Gasteiger partial charge in [0, 0.05) is 19.6 Å². The summed E-state index contributed by atoms with van der Waals surface area (Å²) in [5, 5.41) is 17.8. The van der Waals surface area contributed by atoms with Gasteiger partial charge in [-0.1, -0.05) is 18.7 Å². The smallest absolute Gasteiger partial charge is 0.313 e. The average Bonchev–Trinajstić information content (AvgIpc) is 2.88. The van der Waals surface area contributed by atoms with Crippen LogP contribution in [-0.4, -0.2) is 57.4 Å². The van der Waals surface area contributed by atoms with Gasteiger partial charge in [0.05, 0.1) is 18.5 Å². The Labute approximate surface area is 122 Å². The largest absolute Gasteiger partial charge is 0.481 e. The van der Waals surface area contributed by atoms with Crippen molar-refractivity contribution in [2.75, 3.05) is 30.3 Å². The van der Waals surface area contributed by atoms with Crippen molar-refractivity contribution in [2.24, 2.45) is 0 Å². The lowest BCUT2D eigenvalue weighted by Gasteiger charge is -2.33. The van der Waals surface area contributed by atoms with Gasteiger partial charge < -0.3 is 14.7 Å². The number of nitrogens with zero attached hydrogens (tertiary/aromatic N) is 4. The molecule has 1 unspecified atom stereocenters. The predicted octanol–water partition coefficient (Wildman–Crippen LogP) is 1.09. The van der Waals surface area contributed by atoms with Gasteiger partial charge in [-0.3, -0.25) is 9.36 Å². The van der Waals surface area contributed by atoms with Crippen LogP contribution < -0.4 is 4.90 Å². The molecule has 7 nitrogen and oxygen atoms in total. The lowest BCUT2D eigenvalue weighted by atomic mass is 10.2. The number of aliphatic carboxylic acids is 1. The molecule has 2 heterocycles. The molecule has 1 aliphatic rings. The highest BCUT2D eigenvalue weighted by Crippen LogP contribution is 2.23. The van der Waals surface area contributed by atoms with Crippen molar-refractivity contribution < 1.29 is 14.6 Å². The van der Waals surface area contributed by atoms with E-state index in [9.17, 15) is 4.79 Å². The van der Waals surface area contributed by atoms with Gasteiger partial charge in [-0.15, -0.1) is 10.2 Å². The van der Waals surface area contributed by atoms with Crippen molar-refractivity contribution >= 4 is 23.7 Å². The lowest BCUT2D eigenvalue weighted by Crippen LogP contribution is -2.43. The summed E-state index contributed by atoms with van der Waals surface area (Å²) in [4.78, 5) is 12.8. The Balaban J connectivity index is 2.12. The lowest BCUT2D eigenvalue weighted by molar-refractivity contribution is -0.133. The molecule has 112 valence electrons. The highest BCUT2D eigenvalue weighted by molar-refractivity contribution is 7.99. The van der Waals surface area contributed by atoms with Crippen LogP contribution in [0.2, 0.25) is 0 Å². The van der Waals surface area contributed by atoms with Gasteiger partial charge in [-0.25, -0.2) is 0 Å². The molecule has 0 saturated carbocycles. The fourth-order valence-corrected chi connectivity index (χ4v) is 2.89. The van der Waals surface area contributed by atoms with Gasteiger partial charge in [0.15, 0.2) is 5.16 Å². The molecule has 1 aromatic heterocycles. The summed E-state index contributed by atoms with van der Waals surface area (Å²) in [5.41, 5.74) is 0. The third-order valence-electron chi connectivity index (χ3n) is 3.22. The quantitative estimate of drug-likeness (QED) is 0.788. The SMILES string of the molecule is CCC1CN(c2nnc(SCC(=O)O)n2CC)CCO1. The number of thioether (sulfide) groups is 1. The summed E-state index contributed by atoms with van der Waals surface area (Å²) >= 11 is 1.20. The molecule has 1 atom stereocenters. The first-order chi connectivity index (χ1) is 9.65. The predicted molar refractivity (Wildman–Crippen MR) is 76.3 cm³/mol. The first kappa shape index (κ1) is 15.1. The Morgan fingerprint density at radius 1 is 1.50 bits per heavy atom. The topological polar surface area (TPSA) is 80.5 Å². The highest BCUT2D eigenvalue weighted by Gasteiger charge is 2.24. The Bertz CT molecular complexity index is 466. The van der Waals surface area contributed by atoms with Gasteiger partial charge in [0.1, 0.15) is 0 Å². The number of hydrogen-bond acceptors (Lipinski definition) is 6. The zero-order valence-electron chi connectivity index (χ0n) is 11.8. The van der Waals surface area contributed by atoms with E-state index in [1.165, 1.54) is 11.8 Å². The molecule has 1 fully saturated rings. The minimum Gasteiger partial charge on any atom is -0.481 e. The van der Waals surface area contributed by atoms with Gasteiger partial charge in [0.25, 0.3) is 0 Å². The van der Waals surface area contributed by atoms with Gasteiger partial charge in [0.2, 0.25) is 5.95 Å². The van der Waals surface area contributed by atoms with Crippen molar-refractivity contribution in [3.05, 3.63) is 0 Å².